The Labute approximate surface area is 378 Å². The van der Waals surface area contributed by atoms with Gasteiger partial charge < -0.3 is 15.5 Å². The Hall–Kier alpha value is -2.95. The number of allylic oxidation sites excluding steroid dienone is 17. The first-order valence-corrected chi connectivity index (χ1v) is 25.6. The molecule has 0 heterocycles. The van der Waals surface area contributed by atoms with E-state index < -0.39 is 12.1 Å². The molecule has 1 amide bonds. The molecule has 0 saturated carbocycles. The number of amides is 1. The van der Waals surface area contributed by atoms with Crippen LogP contribution >= 0.6 is 0 Å². The molecule has 2 atom stereocenters. The Kier molecular flexibility index (Phi) is 48.9. The first kappa shape index (κ1) is 58.0. The number of hydrogen-bond donors (Lipinski definition) is 3. The van der Waals surface area contributed by atoms with Crippen LogP contribution in [0.15, 0.2) is 109 Å². The molecule has 61 heavy (non-hydrogen) atoms. The van der Waals surface area contributed by atoms with Crippen LogP contribution in [-0.2, 0) is 4.79 Å². The molecule has 4 heteroatoms. The quantitative estimate of drug-likeness (QED) is 0.0422. The van der Waals surface area contributed by atoms with Crippen molar-refractivity contribution in [2.45, 2.75) is 238 Å². The normalized spacial score (nSPS) is 13.8. The molecule has 0 aliphatic carbocycles. The summed E-state index contributed by atoms with van der Waals surface area (Å²) >= 11 is 0. The van der Waals surface area contributed by atoms with E-state index in [0.29, 0.717) is 6.42 Å². The molecule has 2 unspecified atom stereocenters. The van der Waals surface area contributed by atoms with Crippen molar-refractivity contribution in [1.29, 1.82) is 0 Å². The van der Waals surface area contributed by atoms with Gasteiger partial charge in [0, 0.05) is 6.42 Å². The topological polar surface area (TPSA) is 69.6 Å². The van der Waals surface area contributed by atoms with E-state index in [1.807, 2.05) is 6.08 Å². The van der Waals surface area contributed by atoms with E-state index in [1.54, 1.807) is 6.08 Å². The largest absolute Gasteiger partial charge is 0.394 e. The zero-order valence-electron chi connectivity index (χ0n) is 39.9. The number of aliphatic hydroxyl groups excluding tert-OH is 2. The molecule has 0 aromatic rings. The highest BCUT2D eigenvalue weighted by atomic mass is 16.3. The molecular weight excluding hydrogens is 747 g/mol. The third-order valence-electron chi connectivity index (χ3n) is 11.0. The summed E-state index contributed by atoms with van der Waals surface area (Å²) in [5.41, 5.74) is 0. The fourth-order valence-corrected chi connectivity index (χ4v) is 7.11. The van der Waals surface area contributed by atoms with E-state index in [4.69, 9.17) is 0 Å². The minimum atomic E-state index is -0.869. The zero-order valence-corrected chi connectivity index (χ0v) is 39.9. The van der Waals surface area contributed by atoms with Crippen LogP contribution in [0.3, 0.4) is 0 Å². The summed E-state index contributed by atoms with van der Waals surface area (Å²) in [6, 6.07) is -0.647. The Bertz CT molecular complexity index is 1180. The van der Waals surface area contributed by atoms with Crippen LogP contribution in [0, 0.1) is 0 Å². The second-order valence-corrected chi connectivity index (χ2v) is 16.8. The molecule has 0 fully saturated rings. The van der Waals surface area contributed by atoms with Crippen molar-refractivity contribution in [3.63, 3.8) is 0 Å². The van der Waals surface area contributed by atoms with Gasteiger partial charge in [0.2, 0.25) is 5.91 Å². The fourth-order valence-electron chi connectivity index (χ4n) is 7.11. The maximum Gasteiger partial charge on any atom is 0.220 e. The van der Waals surface area contributed by atoms with Crippen molar-refractivity contribution in [3.8, 4) is 0 Å². The first-order valence-electron chi connectivity index (χ1n) is 25.6. The summed E-state index contributed by atoms with van der Waals surface area (Å²) in [6.07, 6.45) is 77.9. The molecule has 0 radical (unpaired) electrons. The van der Waals surface area contributed by atoms with Gasteiger partial charge in [0.25, 0.3) is 0 Å². The summed E-state index contributed by atoms with van der Waals surface area (Å²) in [7, 11) is 0. The number of carbonyl (C=O) groups is 1. The summed E-state index contributed by atoms with van der Waals surface area (Å²) in [4.78, 5) is 12.4. The van der Waals surface area contributed by atoms with Crippen LogP contribution in [0.5, 0.6) is 0 Å². The highest BCUT2D eigenvalue weighted by Crippen LogP contribution is 2.14. The van der Waals surface area contributed by atoms with Gasteiger partial charge in [-0.25, -0.2) is 0 Å². The molecule has 0 spiro atoms. The van der Waals surface area contributed by atoms with Crippen molar-refractivity contribution in [2.24, 2.45) is 0 Å². The third kappa shape index (κ3) is 47.9. The Morgan fingerprint density at radius 2 is 0.738 bits per heavy atom. The van der Waals surface area contributed by atoms with E-state index >= 15 is 0 Å². The van der Waals surface area contributed by atoms with Crippen molar-refractivity contribution in [1.82, 2.24) is 5.32 Å². The summed E-state index contributed by atoms with van der Waals surface area (Å²) in [6.45, 7) is 4.17. The number of hydrogen-bond acceptors (Lipinski definition) is 3. The molecule has 3 N–H and O–H groups in total. The van der Waals surface area contributed by atoms with Gasteiger partial charge in [0.15, 0.2) is 0 Å². The van der Waals surface area contributed by atoms with Crippen LogP contribution in [-0.4, -0.2) is 34.9 Å². The fraction of sp³-hybridized carbons (Fsp3) is 0.667. The van der Waals surface area contributed by atoms with Gasteiger partial charge in [0.05, 0.1) is 18.8 Å². The van der Waals surface area contributed by atoms with Crippen molar-refractivity contribution >= 4 is 5.91 Å². The highest BCUT2D eigenvalue weighted by molar-refractivity contribution is 5.76. The molecule has 4 nitrogen and oxygen atoms in total. The SMILES string of the molecule is CC/C=C\C/C=C\C/C=C\C/C=C\C/C=C\C/C=C\C/C=C\CCCCCCCCCCCCCC(=O)NC(CO)C(O)/C=C/CC/C=C/CCCCCCCCCCCC. The van der Waals surface area contributed by atoms with Gasteiger partial charge >= 0.3 is 0 Å². The Morgan fingerprint density at radius 3 is 1.15 bits per heavy atom. The summed E-state index contributed by atoms with van der Waals surface area (Å²) in [5.74, 6) is -0.0817. The Balaban J connectivity index is 3.61. The lowest BCUT2D eigenvalue weighted by molar-refractivity contribution is -0.123. The molecule has 0 rings (SSSR count). The monoisotopic (exact) mass is 844 g/mol. The number of rotatable bonds is 45. The summed E-state index contributed by atoms with van der Waals surface area (Å²) < 4.78 is 0. The number of nitrogens with one attached hydrogen (secondary N) is 1. The molecule has 0 saturated heterocycles. The number of aliphatic hydroxyl groups is 2. The lowest BCUT2D eigenvalue weighted by Crippen LogP contribution is -2.45. The van der Waals surface area contributed by atoms with Crippen LogP contribution in [0.1, 0.15) is 226 Å². The van der Waals surface area contributed by atoms with Crippen LogP contribution < -0.4 is 5.32 Å². The first-order chi connectivity index (χ1) is 30.2. The van der Waals surface area contributed by atoms with E-state index in [2.05, 4.69) is 116 Å². The van der Waals surface area contributed by atoms with Gasteiger partial charge in [-0.05, 0) is 89.9 Å². The average Bonchev–Trinajstić information content (AvgIpc) is 3.26. The summed E-state index contributed by atoms with van der Waals surface area (Å²) in [5, 5.41) is 23.1. The predicted molar refractivity (Wildman–Crippen MR) is 271 cm³/mol. The van der Waals surface area contributed by atoms with Crippen LogP contribution in [0.2, 0.25) is 0 Å². The van der Waals surface area contributed by atoms with Crippen LogP contribution in [0.25, 0.3) is 0 Å². The number of unbranched alkanes of at least 4 members (excludes halogenated alkanes) is 22. The van der Waals surface area contributed by atoms with Gasteiger partial charge in [-0.1, -0.05) is 239 Å². The van der Waals surface area contributed by atoms with Gasteiger partial charge in [-0.2, -0.15) is 0 Å². The van der Waals surface area contributed by atoms with E-state index in [1.165, 1.54) is 128 Å². The lowest BCUT2D eigenvalue weighted by atomic mass is 10.0. The second kappa shape index (κ2) is 51.4. The zero-order chi connectivity index (χ0) is 44.2. The second-order valence-electron chi connectivity index (χ2n) is 16.8. The van der Waals surface area contributed by atoms with Crippen molar-refractivity contribution < 1.29 is 15.0 Å². The molecule has 0 aromatic carbocycles. The molecule has 0 aromatic heterocycles. The Morgan fingerprint density at radius 1 is 0.410 bits per heavy atom. The molecule has 348 valence electrons. The minimum Gasteiger partial charge on any atom is -0.394 e. The van der Waals surface area contributed by atoms with E-state index in [0.717, 1.165) is 77.0 Å². The van der Waals surface area contributed by atoms with Crippen molar-refractivity contribution in [3.05, 3.63) is 109 Å². The van der Waals surface area contributed by atoms with Gasteiger partial charge in [-0.3, -0.25) is 4.79 Å². The maximum absolute atomic E-state index is 12.4. The van der Waals surface area contributed by atoms with Gasteiger partial charge in [-0.15, -0.1) is 0 Å². The molecule has 0 aliphatic rings. The third-order valence-corrected chi connectivity index (χ3v) is 11.0. The maximum atomic E-state index is 12.4. The van der Waals surface area contributed by atoms with Crippen molar-refractivity contribution in [2.75, 3.05) is 6.61 Å². The average molecular weight is 844 g/mol. The molecular formula is C57H97NO3. The smallest absolute Gasteiger partial charge is 0.220 e. The van der Waals surface area contributed by atoms with Gasteiger partial charge in [0.1, 0.15) is 0 Å². The molecule has 0 aliphatic heterocycles. The highest BCUT2D eigenvalue weighted by Gasteiger charge is 2.17. The van der Waals surface area contributed by atoms with E-state index in [9.17, 15) is 15.0 Å². The number of carbonyl (C=O) groups excluding carboxylic acids is 1. The predicted octanol–water partition coefficient (Wildman–Crippen LogP) is 16.7. The van der Waals surface area contributed by atoms with Crippen LogP contribution in [0.4, 0.5) is 0 Å². The standard InChI is InChI=1S/C57H97NO3/c1-3-5-7-9-11-13-15-17-19-21-22-23-24-25-26-27-28-29-30-31-32-33-34-35-36-37-39-41-43-45-47-49-51-53-57(61)58-55(54-59)56(60)52-50-48-46-44-42-40-38-20-18-16-14-12-10-8-6-4-2/h5,7,11,13,17,19,22-23,25-26,28-29,31-32,42,44,50,52,55-56,59-60H,3-4,6,8-10,12,14-16,18,20-21,24,27,30,33-41,43,45-49,51,53-54H2,1-2H3,(H,58,61)/b7-5-,13-11-,19-17-,23-22-,26-25-,29-28-,32-31-,44-42+,52-50+. The molecule has 0 bridgehead atoms. The van der Waals surface area contributed by atoms with E-state index in [-0.39, 0.29) is 12.5 Å². The minimum absolute atomic E-state index is 0.0817. The lowest BCUT2D eigenvalue weighted by Gasteiger charge is -2.19.